The molecule has 0 aliphatic carbocycles. The van der Waals surface area contributed by atoms with Crippen molar-refractivity contribution >= 4 is 15.7 Å². The minimum atomic E-state index is -3.37. The largest absolute Gasteiger partial charge is 0.313 e. The maximum Gasteiger partial charge on any atom is 0.236 e. The van der Waals surface area contributed by atoms with Gasteiger partial charge in [-0.25, -0.2) is 8.42 Å². The van der Waals surface area contributed by atoms with Gasteiger partial charge in [0.15, 0.2) is 0 Å². The van der Waals surface area contributed by atoms with E-state index in [0.717, 1.165) is 5.56 Å². The van der Waals surface area contributed by atoms with Crippen molar-refractivity contribution in [3.05, 3.63) is 24.0 Å². The number of aryl methyl sites for hydroxylation is 1. The van der Waals surface area contributed by atoms with E-state index in [1.807, 2.05) is 20.8 Å². The van der Waals surface area contributed by atoms with Crippen LogP contribution in [0.4, 0.5) is 5.69 Å². The average molecular weight is 271 g/mol. The lowest BCUT2D eigenvalue weighted by molar-refractivity contribution is 0.553. The summed E-state index contributed by atoms with van der Waals surface area (Å²) in [5, 5.41) is 2.63. The van der Waals surface area contributed by atoms with Gasteiger partial charge in [0.25, 0.3) is 0 Å². The fourth-order valence-electron chi connectivity index (χ4n) is 1.35. The molecule has 0 aliphatic rings. The van der Waals surface area contributed by atoms with Crippen LogP contribution in [-0.2, 0) is 10.0 Å². The van der Waals surface area contributed by atoms with Gasteiger partial charge in [-0.3, -0.25) is 9.71 Å². The highest BCUT2D eigenvalue weighted by molar-refractivity contribution is 7.93. The van der Waals surface area contributed by atoms with Gasteiger partial charge < -0.3 is 5.32 Å². The maximum atomic E-state index is 12.1. The van der Waals surface area contributed by atoms with Crippen LogP contribution in [0.3, 0.4) is 0 Å². The summed E-state index contributed by atoms with van der Waals surface area (Å²) < 4.78 is 26.8. The van der Waals surface area contributed by atoms with Gasteiger partial charge in [0.2, 0.25) is 10.0 Å². The van der Waals surface area contributed by atoms with Gasteiger partial charge in [0.05, 0.1) is 10.9 Å². The predicted octanol–water partition coefficient (Wildman–Crippen LogP) is 1.52. The highest BCUT2D eigenvalue weighted by atomic mass is 32.2. The van der Waals surface area contributed by atoms with Crippen LogP contribution in [0.5, 0.6) is 0 Å². The Morgan fingerprint density at radius 3 is 2.56 bits per heavy atom. The number of hydrogen-bond donors (Lipinski definition) is 2. The Kier molecular flexibility index (Phi) is 5.10. The third-order valence-electron chi connectivity index (χ3n) is 2.62. The summed E-state index contributed by atoms with van der Waals surface area (Å²) in [7, 11) is -3.37. The van der Waals surface area contributed by atoms with Crippen LogP contribution < -0.4 is 10.0 Å². The van der Waals surface area contributed by atoms with Crippen molar-refractivity contribution in [1.29, 1.82) is 0 Å². The molecule has 0 amide bonds. The lowest BCUT2D eigenvalue weighted by atomic mass is 10.3. The van der Waals surface area contributed by atoms with Gasteiger partial charge >= 0.3 is 0 Å². The molecule has 0 aliphatic heterocycles. The molecule has 0 fully saturated rings. The molecule has 0 bridgehead atoms. The molecule has 1 aromatic heterocycles. The van der Waals surface area contributed by atoms with Crippen molar-refractivity contribution in [3.63, 3.8) is 0 Å². The molecular weight excluding hydrogens is 250 g/mol. The second kappa shape index (κ2) is 6.15. The summed E-state index contributed by atoms with van der Waals surface area (Å²) in [6.45, 7) is 7.91. The number of pyridine rings is 1. The van der Waals surface area contributed by atoms with E-state index in [0.29, 0.717) is 12.2 Å². The van der Waals surface area contributed by atoms with E-state index in [1.165, 1.54) is 0 Å². The number of nitrogens with zero attached hydrogens (tertiary/aromatic N) is 1. The van der Waals surface area contributed by atoms with Crippen LogP contribution in [0.15, 0.2) is 18.5 Å². The summed E-state index contributed by atoms with van der Waals surface area (Å²) >= 11 is 0. The second-order valence-electron chi connectivity index (χ2n) is 4.71. The molecular formula is C12H21N3O2S. The number of aromatic nitrogens is 1. The van der Waals surface area contributed by atoms with E-state index < -0.39 is 15.3 Å². The SMILES string of the molecule is Cc1cnccc1NS(=O)(=O)C(C)CNC(C)C. The maximum absolute atomic E-state index is 12.1. The van der Waals surface area contributed by atoms with E-state index >= 15 is 0 Å². The quantitative estimate of drug-likeness (QED) is 0.823. The lowest BCUT2D eigenvalue weighted by Gasteiger charge is -2.17. The van der Waals surface area contributed by atoms with Crippen LogP contribution in [0, 0.1) is 6.92 Å². The molecule has 1 aromatic rings. The first kappa shape index (κ1) is 14.9. The minimum Gasteiger partial charge on any atom is -0.313 e. The Morgan fingerprint density at radius 1 is 1.33 bits per heavy atom. The summed E-state index contributed by atoms with van der Waals surface area (Å²) in [5.74, 6) is 0. The molecule has 5 nitrogen and oxygen atoms in total. The topological polar surface area (TPSA) is 71.1 Å². The molecule has 0 saturated carbocycles. The van der Waals surface area contributed by atoms with Crippen LogP contribution in [0.25, 0.3) is 0 Å². The first-order chi connectivity index (χ1) is 8.33. The number of sulfonamides is 1. The molecule has 1 atom stereocenters. The molecule has 6 heteroatoms. The standard InChI is InChI=1S/C12H21N3O2S/c1-9(2)14-8-11(4)18(16,17)15-12-5-6-13-7-10(12)3/h5-7,9,11,14H,8H2,1-4H3,(H,13,15). The highest BCUT2D eigenvalue weighted by Crippen LogP contribution is 2.15. The zero-order valence-electron chi connectivity index (χ0n) is 11.3. The predicted molar refractivity (Wildman–Crippen MR) is 74.1 cm³/mol. The van der Waals surface area contributed by atoms with Crippen LogP contribution in [-0.4, -0.2) is 31.2 Å². The normalized spacial score (nSPS) is 13.6. The lowest BCUT2D eigenvalue weighted by Crippen LogP contribution is -2.37. The summed E-state index contributed by atoms with van der Waals surface area (Å²) in [4.78, 5) is 3.93. The van der Waals surface area contributed by atoms with Crippen molar-refractivity contribution in [2.75, 3.05) is 11.3 Å². The molecule has 0 spiro atoms. The van der Waals surface area contributed by atoms with Gasteiger partial charge in [0, 0.05) is 25.0 Å². The third kappa shape index (κ3) is 4.27. The van der Waals surface area contributed by atoms with Gasteiger partial charge in [0.1, 0.15) is 0 Å². The smallest absolute Gasteiger partial charge is 0.236 e. The first-order valence-electron chi connectivity index (χ1n) is 5.98. The summed E-state index contributed by atoms with van der Waals surface area (Å²) in [6, 6.07) is 1.93. The highest BCUT2D eigenvalue weighted by Gasteiger charge is 2.21. The number of hydrogen-bond acceptors (Lipinski definition) is 4. The number of rotatable bonds is 6. The summed E-state index contributed by atoms with van der Waals surface area (Å²) in [6.07, 6.45) is 3.21. The third-order valence-corrected chi connectivity index (χ3v) is 4.35. The Labute approximate surface area is 109 Å². The van der Waals surface area contributed by atoms with Gasteiger partial charge in [-0.05, 0) is 25.5 Å². The second-order valence-corrected chi connectivity index (χ2v) is 6.81. The molecule has 0 aromatic carbocycles. The molecule has 2 N–H and O–H groups in total. The van der Waals surface area contributed by atoms with E-state index in [2.05, 4.69) is 15.0 Å². The van der Waals surface area contributed by atoms with E-state index in [9.17, 15) is 8.42 Å². The van der Waals surface area contributed by atoms with E-state index in [4.69, 9.17) is 0 Å². The molecule has 0 saturated heterocycles. The zero-order valence-corrected chi connectivity index (χ0v) is 12.1. The Hall–Kier alpha value is -1.14. The van der Waals surface area contributed by atoms with Crippen molar-refractivity contribution in [2.24, 2.45) is 0 Å². The number of nitrogens with one attached hydrogen (secondary N) is 2. The van der Waals surface area contributed by atoms with Crippen molar-refractivity contribution < 1.29 is 8.42 Å². The fraction of sp³-hybridized carbons (Fsp3) is 0.583. The Bertz CT molecular complexity index is 486. The first-order valence-corrected chi connectivity index (χ1v) is 7.53. The molecule has 0 radical (unpaired) electrons. The molecule has 102 valence electrons. The van der Waals surface area contributed by atoms with Crippen molar-refractivity contribution in [3.8, 4) is 0 Å². The molecule has 18 heavy (non-hydrogen) atoms. The van der Waals surface area contributed by atoms with Gasteiger partial charge in [-0.1, -0.05) is 13.8 Å². The minimum absolute atomic E-state index is 0.269. The van der Waals surface area contributed by atoms with Gasteiger partial charge in [-0.2, -0.15) is 0 Å². The van der Waals surface area contributed by atoms with E-state index in [1.54, 1.807) is 25.4 Å². The molecule has 1 heterocycles. The molecule has 1 unspecified atom stereocenters. The van der Waals surface area contributed by atoms with Crippen LogP contribution in [0.2, 0.25) is 0 Å². The van der Waals surface area contributed by atoms with Crippen LogP contribution in [0.1, 0.15) is 26.3 Å². The van der Waals surface area contributed by atoms with E-state index in [-0.39, 0.29) is 6.04 Å². The summed E-state index contributed by atoms with van der Waals surface area (Å²) in [5.41, 5.74) is 1.39. The number of anilines is 1. The zero-order chi connectivity index (χ0) is 13.8. The monoisotopic (exact) mass is 271 g/mol. The van der Waals surface area contributed by atoms with Crippen LogP contribution >= 0.6 is 0 Å². The van der Waals surface area contributed by atoms with Crippen molar-refractivity contribution in [2.45, 2.75) is 39.0 Å². The van der Waals surface area contributed by atoms with Crippen molar-refractivity contribution in [1.82, 2.24) is 10.3 Å². The Morgan fingerprint density at radius 2 is 2.00 bits per heavy atom. The average Bonchev–Trinajstić information content (AvgIpc) is 2.28. The van der Waals surface area contributed by atoms with Gasteiger partial charge in [-0.15, -0.1) is 0 Å². The fourth-order valence-corrected chi connectivity index (χ4v) is 2.41. The Balaban J connectivity index is 2.73. The molecule has 1 rings (SSSR count).